The van der Waals surface area contributed by atoms with Gasteiger partial charge in [-0.3, -0.25) is 0 Å². The van der Waals surface area contributed by atoms with E-state index in [2.05, 4.69) is 15.4 Å². The third-order valence-corrected chi connectivity index (χ3v) is 2.75. The number of pyridine rings is 1. The number of furan rings is 1. The molecule has 0 spiro atoms. The Morgan fingerprint density at radius 3 is 2.84 bits per heavy atom. The van der Waals surface area contributed by atoms with E-state index in [0.29, 0.717) is 6.54 Å². The van der Waals surface area contributed by atoms with Crippen molar-refractivity contribution in [2.75, 3.05) is 5.32 Å². The van der Waals surface area contributed by atoms with E-state index in [1.807, 2.05) is 43.5 Å². The molecule has 0 saturated carbocycles. The highest BCUT2D eigenvalue weighted by molar-refractivity contribution is 5.43. The molecule has 0 amide bonds. The van der Waals surface area contributed by atoms with Gasteiger partial charge in [0.15, 0.2) is 5.82 Å². The summed E-state index contributed by atoms with van der Waals surface area (Å²) in [6.45, 7) is 2.58. The molecule has 96 valence electrons. The second-order valence-electron chi connectivity index (χ2n) is 4.22. The Hall–Kier alpha value is -2.56. The van der Waals surface area contributed by atoms with Gasteiger partial charge in [-0.05, 0) is 37.3 Å². The summed E-state index contributed by atoms with van der Waals surface area (Å²) in [6.07, 6.45) is 5.38. The largest absolute Gasteiger partial charge is 0.465 e. The van der Waals surface area contributed by atoms with Gasteiger partial charge in [-0.25, -0.2) is 9.67 Å². The summed E-state index contributed by atoms with van der Waals surface area (Å²) in [6, 6.07) is 9.68. The maximum absolute atomic E-state index is 5.49. The number of aromatic nitrogens is 3. The fourth-order valence-electron chi connectivity index (χ4n) is 1.80. The van der Waals surface area contributed by atoms with E-state index in [-0.39, 0.29) is 0 Å². The molecule has 3 rings (SSSR count). The van der Waals surface area contributed by atoms with Crippen molar-refractivity contribution in [3.05, 3.63) is 60.4 Å². The van der Waals surface area contributed by atoms with Gasteiger partial charge in [-0.2, -0.15) is 5.10 Å². The molecule has 5 nitrogen and oxygen atoms in total. The van der Waals surface area contributed by atoms with Crippen LogP contribution in [0.3, 0.4) is 0 Å². The second-order valence-corrected chi connectivity index (χ2v) is 4.22. The number of hydrogen-bond acceptors (Lipinski definition) is 4. The lowest BCUT2D eigenvalue weighted by atomic mass is 10.3. The lowest BCUT2D eigenvalue weighted by Crippen LogP contribution is -2.01. The number of rotatable bonds is 4. The van der Waals surface area contributed by atoms with Gasteiger partial charge in [0.1, 0.15) is 11.5 Å². The van der Waals surface area contributed by atoms with Crippen molar-refractivity contribution in [1.82, 2.24) is 14.8 Å². The average Bonchev–Trinajstić information content (AvgIpc) is 3.08. The van der Waals surface area contributed by atoms with Crippen LogP contribution in [0.1, 0.15) is 11.5 Å². The Kier molecular flexibility index (Phi) is 3.02. The summed E-state index contributed by atoms with van der Waals surface area (Å²) >= 11 is 0. The molecule has 5 heteroatoms. The first kappa shape index (κ1) is 11.5. The minimum absolute atomic E-state index is 0.649. The summed E-state index contributed by atoms with van der Waals surface area (Å²) in [4.78, 5) is 4.35. The molecule has 3 aromatic heterocycles. The first-order valence-corrected chi connectivity index (χ1v) is 6.06. The molecule has 3 aromatic rings. The first-order valence-electron chi connectivity index (χ1n) is 6.06. The Morgan fingerprint density at radius 2 is 2.21 bits per heavy atom. The quantitative estimate of drug-likeness (QED) is 0.777. The first-order chi connectivity index (χ1) is 9.31. The van der Waals surface area contributed by atoms with E-state index in [0.717, 1.165) is 23.0 Å². The summed E-state index contributed by atoms with van der Waals surface area (Å²) in [5.41, 5.74) is 0.949. The van der Waals surface area contributed by atoms with Gasteiger partial charge in [0.05, 0.1) is 18.4 Å². The molecule has 1 N–H and O–H groups in total. The van der Waals surface area contributed by atoms with Gasteiger partial charge in [0.25, 0.3) is 0 Å². The van der Waals surface area contributed by atoms with Gasteiger partial charge < -0.3 is 9.73 Å². The topological polar surface area (TPSA) is 55.9 Å². The van der Waals surface area contributed by atoms with E-state index in [9.17, 15) is 0 Å². The van der Waals surface area contributed by atoms with Gasteiger partial charge in [-0.1, -0.05) is 0 Å². The Labute approximate surface area is 110 Å². The van der Waals surface area contributed by atoms with Crippen molar-refractivity contribution in [2.24, 2.45) is 0 Å². The molecule has 0 aromatic carbocycles. The molecule has 0 aliphatic carbocycles. The molecule has 0 atom stereocenters. The van der Waals surface area contributed by atoms with E-state index in [1.165, 1.54) is 0 Å². The van der Waals surface area contributed by atoms with Crippen LogP contribution in [0.5, 0.6) is 0 Å². The van der Waals surface area contributed by atoms with E-state index >= 15 is 0 Å². The number of aryl methyl sites for hydroxylation is 1. The normalized spacial score (nSPS) is 10.6. The van der Waals surface area contributed by atoms with Crippen molar-refractivity contribution in [3.63, 3.8) is 0 Å². The number of anilines is 1. The van der Waals surface area contributed by atoms with Crippen molar-refractivity contribution >= 4 is 5.69 Å². The van der Waals surface area contributed by atoms with Crippen LogP contribution < -0.4 is 5.32 Å². The van der Waals surface area contributed by atoms with E-state index in [4.69, 9.17) is 4.42 Å². The Bertz CT molecular complexity index is 640. The van der Waals surface area contributed by atoms with Gasteiger partial charge in [0.2, 0.25) is 0 Å². The molecular formula is C14H14N4O. The van der Waals surface area contributed by atoms with Crippen LogP contribution in [0.2, 0.25) is 0 Å². The lowest BCUT2D eigenvalue weighted by molar-refractivity contribution is 0.490. The smallest absolute Gasteiger partial charge is 0.153 e. The molecule has 0 aliphatic rings. The Morgan fingerprint density at radius 1 is 1.26 bits per heavy atom. The summed E-state index contributed by atoms with van der Waals surface area (Å²) in [7, 11) is 0. The average molecular weight is 254 g/mol. The maximum atomic E-state index is 5.49. The van der Waals surface area contributed by atoms with Gasteiger partial charge in [-0.15, -0.1) is 0 Å². The maximum Gasteiger partial charge on any atom is 0.153 e. The molecular weight excluding hydrogens is 240 g/mol. The predicted molar refractivity (Wildman–Crippen MR) is 72.1 cm³/mol. The van der Waals surface area contributed by atoms with Crippen molar-refractivity contribution < 1.29 is 4.42 Å². The zero-order chi connectivity index (χ0) is 13.1. The van der Waals surface area contributed by atoms with Crippen LogP contribution in [-0.4, -0.2) is 14.8 Å². The highest BCUT2D eigenvalue weighted by Crippen LogP contribution is 2.12. The SMILES string of the molecule is Cc1ccc(CNc2ccc(-n3cccn3)nc2)o1. The van der Waals surface area contributed by atoms with Crippen molar-refractivity contribution in [3.8, 4) is 5.82 Å². The number of hydrogen-bond donors (Lipinski definition) is 1. The van der Waals surface area contributed by atoms with Crippen LogP contribution in [0.25, 0.3) is 5.82 Å². The molecule has 0 saturated heterocycles. The fraction of sp³-hybridized carbons (Fsp3) is 0.143. The van der Waals surface area contributed by atoms with Crippen LogP contribution >= 0.6 is 0 Å². The highest BCUT2D eigenvalue weighted by atomic mass is 16.3. The van der Waals surface area contributed by atoms with Gasteiger partial charge >= 0.3 is 0 Å². The molecule has 0 bridgehead atoms. The van der Waals surface area contributed by atoms with Gasteiger partial charge in [0, 0.05) is 12.4 Å². The molecule has 0 fully saturated rings. The standard InChI is InChI=1S/C14H14N4O/c1-11-3-5-13(19-11)10-15-12-4-6-14(16-9-12)18-8-2-7-17-18/h2-9,15H,10H2,1H3. The third kappa shape index (κ3) is 2.65. The number of nitrogens with zero attached hydrogens (tertiary/aromatic N) is 3. The lowest BCUT2D eigenvalue weighted by Gasteiger charge is -2.05. The molecule has 0 radical (unpaired) electrons. The van der Waals surface area contributed by atoms with Crippen LogP contribution in [0.4, 0.5) is 5.69 Å². The summed E-state index contributed by atoms with van der Waals surface area (Å²) < 4.78 is 7.21. The zero-order valence-corrected chi connectivity index (χ0v) is 10.6. The highest BCUT2D eigenvalue weighted by Gasteiger charge is 2.00. The summed E-state index contributed by atoms with van der Waals surface area (Å²) in [5, 5.41) is 7.39. The minimum atomic E-state index is 0.649. The summed E-state index contributed by atoms with van der Waals surface area (Å²) in [5.74, 6) is 2.63. The van der Waals surface area contributed by atoms with Crippen molar-refractivity contribution in [1.29, 1.82) is 0 Å². The minimum Gasteiger partial charge on any atom is -0.465 e. The van der Waals surface area contributed by atoms with Crippen LogP contribution in [-0.2, 0) is 6.54 Å². The van der Waals surface area contributed by atoms with Crippen molar-refractivity contribution in [2.45, 2.75) is 13.5 Å². The molecule has 0 unspecified atom stereocenters. The second kappa shape index (κ2) is 4.97. The zero-order valence-electron chi connectivity index (χ0n) is 10.6. The molecule has 0 aliphatic heterocycles. The monoisotopic (exact) mass is 254 g/mol. The molecule has 19 heavy (non-hydrogen) atoms. The Balaban J connectivity index is 1.66. The van der Waals surface area contributed by atoms with Crippen LogP contribution in [0.15, 0.2) is 53.3 Å². The van der Waals surface area contributed by atoms with Crippen LogP contribution in [0, 0.1) is 6.92 Å². The fourth-order valence-corrected chi connectivity index (χ4v) is 1.80. The number of nitrogens with one attached hydrogen (secondary N) is 1. The molecule has 3 heterocycles. The van der Waals surface area contributed by atoms with E-state index < -0.39 is 0 Å². The third-order valence-electron chi connectivity index (χ3n) is 2.75. The van der Waals surface area contributed by atoms with E-state index in [1.54, 1.807) is 17.1 Å². The predicted octanol–water partition coefficient (Wildman–Crippen LogP) is 2.78.